The van der Waals surface area contributed by atoms with Crippen LogP contribution in [0, 0.1) is 29.1 Å². The van der Waals surface area contributed by atoms with Gasteiger partial charge in [-0.2, -0.15) is 0 Å². The highest BCUT2D eigenvalue weighted by Gasteiger charge is 2.58. The van der Waals surface area contributed by atoms with Crippen molar-refractivity contribution in [1.82, 2.24) is 0 Å². The van der Waals surface area contributed by atoms with E-state index in [0.29, 0.717) is 12.1 Å². The maximum Gasteiger partial charge on any atom is 0.343 e. The molecule has 0 bridgehead atoms. The van der Waals surface area contributed by atoms with Crippen LogP contribution in [0.2, 0.25) is 0 Å². The lowest BCUT2D eigenvalue weighted by molar-refractivity contribution is -0.134. The molecule has 212 valence electrons. The summed E-state index contributed by atoms with van der Waals surface area (Å²) in [6.45, 7) is 1.92. The first kappa shape index (κ1) is 27.9. The number of rotatable bonds is 5. The maximum atomic E-state index is 16.1. The molecule has 0 unspecified atom stereocenters. The number of halogens is 5. The monoisotopic (exact) mass is 596 g/mol. The van der Waals surface area contributed by atoms with Crippen LogP contribution >= 0.6 is 11.8 Å². The minimum atomic E-state index is -2.74. The molecule has 0 radical (unpaired) electrons. The minimum Gasteiger partial charge on any atom is -0.481 e. The van der Waals surface area contributed by atoms with Gasteiger partial charge in [0.25, 0.3) is 0 Å². The number of benzene rings is 3. The van der Waals surface area contributed by atoms with Gasteiger partial charge in [-0.15, -0.1) is 11.8 Å². The molecule has 9 nitrogen and oxygen atoms in total. The Morgan fingerprint density at radius 2 is 1.37 bits per heavy atom. The standard InChI is InChI=1S/C26H13F5O9S/c1-8(32)37-16-5-14-10(3-12(16)27)26(11-4-13(28)17(38-9(2)33)6-15(11)39-14)20-19(25(36)40-26)21(29)23(31)24(22(20)30)41-7-18(34)35/h3-6H,7H2,1-2H3,(H,34,35). The maximum absolute atomic E-state index is 16.1. The second-order valence-corrected chi connectivity index (χ2v) is 9.61. The molecule has 15 heteroatoms. The number of carboxylic acid groups (broad SMARTS) is 1. The second-order valence-electron chi connectivity index (χ2n) is 8.62. The molecule has 0 saturated carbocycles. The van der Waals surface area contributed by atoms with Crippen molar-refractivity contribution < 1.29 is 65.2 Å². The zero-order valence-electron chi connectivity index (χ0n) is 20.5. The van der Waals surface area contributed by atoms with Gasteiger partial charge in [-0.3, -0.25) is 14.4 Å². The van der Waals surface area contributed by atoms with Crippen LogP contribution in [0.3, 0.4) is 0 Å². The Bertz CT molecular complexity index is 1650. The van der Waals surface area contributed by atoms with Crippen molar-refractivity contribution in [2.24, 2.45) is 0 Å². The molecule has 1 spiro atoms. The summed E-state index contributed by atoms with van der Waals surface area (Å²) in [5.74, 6) is -16.2. The first-order valence-corrected chi connectivity index (χ1v) is 12.3. The number of aliphatic carboxylic acids is 1. The number of esters is 3. The number of carbonyl (C=O) groups excluding carboxylic acids is 3. The molecule has 0 fully saturated rings. The van der Waals surface area contributed by atoms with Crippen LogP contribution in [-0.2, 0) is 24.7 Å². The predicted octanol–water partition coefficient (Wildman–Crippen LogP) is 4.98. The van der Waals surface area contributed by atoms with Crippen molar-refractivity contribution in [3.8, 4) is 23.0 Å². The summed E-state index contributed by atoms with van der Waals surface area (Å²) in [5.41, 5.74) is -6.13. The first-order chi connectivity index (χ1) is 19.3. The Kier molecular flexibility index (Phi) is 6.64. The summed E-state index contributed by atoms with van der Waals surface area (Å²) >= 11 is 0.0472. The van der Waals surface area contributed by atoms with Gasteiger partial charge in [0.15, 0.2) is 40.4 Å². The average Bonchev–Trinajstić information content (AvgIpc) is 3.18. The van der Waals surface area contributed by atoms with Crippen LogP contribution in [0.5, 0.6) is 23.0 Å². The van der Waals surface area contributed by atoms with Gasteiger partial charge in [0, 0.05) is 26.0 Å². The van der Waals surface area contributed by atoms with E-state index in [1.807, 2.05) is 0 Å². The molecule has 2 aliphatic heterocycles. The largest absolute Gasteiger partial charge is 0.481 e. The van der Waals surface area contributed by atoms with Crippen LogP contribution in [-0.4, -0.2) is 34.7 Å². The fourth-order valence-electron chi connectivity index (χ4n) is 4.56. The van der Waals surface area contributed by atoms with Gasteiger partial charge in [0.1, 0.15) is 22.9 Å². The first-order valence-electron chi connectivity index (χ1n) is 11.3. The summed E-state index contributed by atoms with van der Waals surface area (Å²) in [4.78, 5) is 45.9. The van der Waals surface area contributed by atoms with E-state index in [1.165, 1.54) is 0 Å². The fourth-order valence-corrected chi connectivity index (χ4v) is 5.27. The molecule has 41 heavy (non-hydrogen) atoms. The van der Waals surface area contributed by atoms with Gasteiger partial charge in [-0.05, 0) is 12.1 Å². The SMILES string of the molecule is CC(=O)Oc1cc2c(cc1F)C1(OC(=O)c3c(F)c(F)c(SCC(=O)O)c(F)c31)c1cc(F)c(OC(C)=O)cc1O2. The molecule has 3 aromatic carbocycles. The molecular formula is C26H13F5O9S. The summed E-state index contributed by atoms with van der Waals surface area (Å²) < 4.78 is 97.3. The number of ether oxygens (including phenoxy) is 4. The van der Waals surface area contributed by atoms with Crippen molar-refractivity contribution in [3.05, 3.63) is 75.6 Å². The number of thioether (sulfide) groups is 1. The second kappa shape index (κ2) is 9.76. The van der Waals surface area contributed by atoms with Crippen LogP contribution in [0.1, 0.15) is 40.9 Å². The Balaban J connectivity index is 1.89. The van der Waals surface area contributed by atoms with Gasteiger partial charge in [0.2, 0.25) is 0 Å². The van der Waals surface area contributed by atoms with Crippen LogP contribution in [0.15, 0.2) is 29.2 Å². The highest BCUT2D eigenvalue weighted by atomic mass is 32.2. The summed E-state index contributed by atoms with van der Waals surface area (Å²) in [5, 5.41) is 8.99. The van der Waals surface area contributed by atoms with E-state index in [-0.39, 0.29) is 11.8 Å². The van der Waals surface area contributed by atoms with Crippen LogP contribution in [0.4, 0.5) is 22.0 Å². The number of fused-ring (bicyclic) bond motifs is 6. The third-order valence-electron chi connectivity index (χ3n) is 5.98. The summed E-state index contributed by atoms with van der Waals surface area (Å²) in [6.07, 6.45) is 0. The van der Waals surface area contributed by atoms with Crippen molar-refractivity contribution in [2.75, 3.05) is 5.75 Å². The molecule has 3 aromatic rings. The highest BCUT2D eigenvalue weighted by Crippen LogP contribution is 2.59. The molecule has 0 aromatic heterocycles. The Hall–Kier alpha value is -4.66. The van der Waals surface area contributed by atoms with E-state index in [1.54, 1.807) is 0 Å². The van der Waals surface area contributed by atoms with Crippen LogP contribution in [0.25, 0.3) is 0 Å². The van der Waals surface area contributed by atoms with Crippen LogP contribution < -0.4 is 14.2 Å². The Morgan fingerprint density at radius 3 is 1.83 bits per heavy atom. The lowest BCUT2D eigenvalue weighted by Gasteiger charge is -2.37. The van der Waals surface area contributed by atoms with E-state index in [2.05, 4.69) is 0 Å². The van der Waals surface area contributed by atoms with E-state index in [9.17, 15) is 23.6 Å². The fraction of sp³-hybridized carbons (Fsp3) is 0.154. The summed E-state index contributed by atoms with van der Waals surface area (Å²) in [7, 11) is 0. The smallest absolute Gasteiger partial charge is 0.343 e. The lowest BCUT2D eigenvalue weighted by atomic mass is 9.77. The van der Waals surface area contributed by atoms with Gasteiger partial charge in [0.05, 0.1) is 27.3 Å². The van der Waals surface area contributed by atoms with E-state index in [4.69, 9.17) is 24.1 Å². The Morgan fingerprint density at radius 1 is 0.854 bits per heavy atom. The average molecular weight is 596 g/mol. The minimum absolute atomic E-state index is 0.0472. The normalized spacial score (nSPS) is 14.0. The van der Waals surface area contributed by atoms with Crippen molar-refractivity contribution >= 4 is 35.6 Å². The topological polar surface area (TPSA) is 125 Å². The number of hydrogen-bond donors (Lipinski definition) is 1. The lowest BCUT2D eigenvalue weighted by Crippen LogP contribution is -2.34. The van der Waals surface area contributed by atoms with Crippen molar-refractivity contribution in [2.45, 2.75) is 24.3 Å². The third kappa shape index (κ3) is 4.32. The van der Waals surface area contributed by atoms with Crippen molar-refractivity contribution in [3.63, 3.8) is 0 Å². The quantitative estimate of drug-likeness (QED) is 0.142. The molecular weight excluding hydrogens is 583 g/mol. The molecule has 5 rings (SSSR count). The molecule has 0 aliphatic carbocycles. The number of carbonyl (C=O) groups is 4. The van der Waals surface area contributed by atoms with E-state index < -0.39 is 114 Å². The predicted molar refractivity (Wildman–Crippen MR) is 125 cm³/mol. The number of hydrogen-bond acceptors (Lipinski definition) is 9. The number of carboxylic acids is 1. The van der Waals surface area contributed by atoms with Gasteiger partial charge >= 0.3 is 23.9 Å². The van der Waals surface area contributed by atoms with E-state index in [0.717, 1.165) is 26.0 Å². The molecule has 2 heterocycles. The van der Waals surface area contributed by atoms with Crippen molar-refractivity contribution in [1.29, 1.82) is 0 Å². The zero-order valence-corrected chi connectivity index (χ0v) is 21.3. The highest BCUT2D eigenvalue weighted by molar-refractivity contribution is 8.00. The van der Waals surface area contributed by atoms with Gasteiger partial charge < -0.3 is 24.1 Å². The van der Waals surface area contributed by atoms with Gasteiger partial charge in [-0.25, -0.2) is 26.7 Å². The van der Waals surface area contributed by atoms with E-state index >= 15 is 17.6 Å². The third-order valence-corrected chi connectivity index (χ3v) is 7.01. The van der Waals surface area contributed by atoms with Gasteiger partial charge in [-0.1, -0.05) is 0 Å². The Labute approximate surface area is 229 Å². The molecule has 0 atom stereocenters. The molecule has 0 saturated heterocycles. The zero-order chi connectivity index (χ0) is 30.0. The summed E-state index contributed by atoms with van der Waals surface area (Å²) in [6, 6.07) is 2.83. The molecule has 1 N–H and O–H groups in total. The molecule has 2 aliphatic rings. The molecule has 0 amide bonds.